The first-order chi connectivity index (χ1) is 14.0. The fraction of sp³-hybridized carbons (Fsp3) is 0.412. The molecule has 0 radical (unpaired) electrons. The van der Waals surface area contributed by atoms with Crippen molar-refractivity contribution in [3.8, 4) is 11.5 Å². The van der Waals surface area contributed by atoms with Gasteiger partial charge in [-0.25, -0.2) is 14.8 Å². The van der Waals surface area contributed by atoms with Crippen LogP contribution in [0.2, 0.25) is 0 Å². The summed E-state index contributed by atoms with van der Waals surface area (Å²) in [6.45, 7) is 5.19. The van der Waals surface area contributed by atoms with Gasteiger partial charge in [-0.05, 0) is 39.2 Å². The summed E-state index contributed by atoms with van der Waals surface area (Å²) in [6.07, 6.45) is -0.759. The van der Waals surface area contributed by atoms with E-state index in [1.54, 1.807) is 27.0 Å². The van der Waals surface area contributed by atoms with Crippen LogP contribution < -0.4 is 0 Å². The van der Waals surface area contributed by atoms with Crippen LogP contribution in [0.3, 0.4) is 0 Å². The largest absolute Gasteiger partial charge is 0.443 e. The molecule has 0 bridgehead atoms. The molecule has 0 N–H and O–H groups in total. The first kappa shape index (κ1) is 21.7. The van der Waals surface area contributed by atoms with Gasteiger partial charge in [0, 0.05) is 6.20 Å². The molecule has 13 heteroatoms. The number of ether oxygens (including phenoxy) is 1. The average molecular weight is 442 g/mol. The van der Waals surface area contributed by atoms with Crippen LogP contribution in [0, 0.1) is 0 Å². The molecule has 0 unspecified atom stereocenters. The number of aromatic nitrogens is 4. The highest BCUT2D eigenvalue weighted by atomic mass is 32.2. The second kappa shape index (κ2) is 8.05. The molecular weight excluding hydrogens is 425 g/mol. The summed E-state index contributed by atoms with van der Waals surface area (Å²) >= 11 is 0.957. The van der Waals surface area contributed by atoms with Gasteiger partial charge in [-0.15, -0.1) is 0 Å². The van der Waals surface area contributed by atoms with Crippen molar-refractivity contribution in [3.05, 3.63) is 29.9 Å². The van der Waals surface area contributed by atoms with Crippen molar-refractivity contribution in [2.45, 2.75) is 37.7 Å². The molecule has 0 saturated heterocycles. The summed E-state index contributed by atoms with van der Waals surface area (Å²) in [4.78, 5) is 29.0. The van der Waals surface area contributed by atoms with Crippen LogP contribution >= 0.6 is 11.8 Å². The minimum Gasteiger partial charge on any atom is -0.443 e. The fourth-order valence-electron chi connectivity index (χ4n) is 2.20. The summed E-state index contributed by atoms with van der Waals surface area (Å²) in [5.74, 6) is -0.165. The maximum atomic E-state index is 13.1. The minimum atomic E-state index is -4.64. The number of halogens is 3. The number of aliphatic imine (C=N–C) groups is 1. The number of hydrogen-bond donors (Lipinski definition) is 0. The first-order valence-corrected chi connectivity index (χ1v) is 9.76. The molecule has 160 valence electrons. The summed E-state index contributed by atoms with van der Waals surface area (Å²) in [7, 11) is 0. The quantitative estimate of drug-likeness (QED) is 0.522. The van der Waals surface area contributed by atoms with Gasteiger partial charge in [0.15, 0.2) is 5.16 Å². The monoisotopic (exact) mass is 442 g/mol. The predicted octanol–water partition coefficient (Wildman–Crippen LogP) is 3.78. The van der Waals surface area contributed by atoms with E-state index in [0.717, 1.165) is 17.8 Å². The Bertz CT molecular complexity index is 1010. The van der Waals surface area contributed by atoms with E-state index >= 15 is 0 Å². The Hall–Kier alpha value is -2.96. The van der Waals surface area contributed by atoms with E-state index in [0.29, 0.717) is 0 Å². The van der Waals surface area contributed by atoms with Crippen molar-refractivity contribution < 1.29 is 27.2 Å². The van der Waals surface area contributed by atoms with E-state index in [1.807, 2.05) is 0 Å². The minimum absolute atomic E-state index is 0.0250. The summed E-state index contributed by atoms with van der Waals surface area (Å²) in [5.41, 5.74) is -1.62. The van der Waals surface area contributed by atoms with Gasteiger partial charge in [0.1, 0.15) is 29.4 Å². The molecule has 1 aliphatic rings. The predicted molar refractivity (Wildman–Crippen MR) is 101 cm³/mol. The second-order valence-corrected chi connectivity index (χ2v) is 7.77. The van der Waals surface area contributed by atoms with Gasteiger partial charge in [-0.3, -0.25) is 9.89 Å². The van der Waals surface area contributed by atoms with Gasteiger partial charge in [0.2, 0.25) is 5.82 Å². The molecule has 0 saturated carbocycles. The van der Waals surface area contributed by atoms with Crippen LogP contribution in [0.25, 0.3) is 11.5 Å². The molecule has 0 atom stereocenters. The second-order valence-electron chi connectivity index (χ2n) is 7.00. The molecule has 2 aromatic heterocycles. The van der Waals surface area contributed by atoms with Crippen molar-refractivity contribution in [1.29, 1.82) is 0 Å². The number of alkyl halides is 3. The Balaban J connectivity index is 1.80. The van der Waals surface area contributed by atoms with Crippen LogP contribution in [0.15, 0.2) is 33.0 Å². The summed E-state index contributed by atoms with van der Waals surface area (Å²) < 4.78 is 49.6. The first-order valence-electron chi connectivity index (χ1n) is 8.53. The lowest BCUT2D eigenvalue weighted by molar-refractivity contribution is -0.141. The molecule has 1 aliphatic heterocycles. The molecule has 0 spiro atoms. The highest BCUT2D eigenvalue weighted by Crippen LogP contribution is 2.31. The van der Waals surface area contributed by atoms with Crippen LogP contribution in [0.4, 0.5) is 18.0 Å². The Morgan fingerprint density at radius 1 is 1.23 bits per heavy atom. The maximum Gasteiger partial charge on any atom is 0.433 e. The molecule has 30 heavy (non-hydrogen) atoms. The highest BCUT2D eigenvalue weighted by molar-refractivity contribution is 7.98. The third-order valence-electron chi connectivity index (χ3n) is 3.49. The van der Waals surface area contributed by atoms with Crippen LogP contribution in [0.1, 0.15) is 32.4 Å². The lowest BCUT2D eigenvalue weighted by Gasteiger charge is -2.25. The van der Waals surface area contributed by atoms with E-state index in [1.165, 1.54) is 17.2 Å². The number of rotatable bonds is 3. The lowest BCUT2D eigenvalue weighted by Crippen LogP contribution is -2.35. The van der Waals surface area contributed by atoms with Gasteiger partial charge < -0.3 is 9.26 Å². The zero-order valence-electron chi connectivity index (χ0n) is 16.4. The van der Waals surface area contributed by atoms with Crippen molar-refractivity contribution in [2.75, 3.05) is 12.9 Å². The standard InChI is InChI=1S/C17H17F3N6O3S/c1-16(2,3)28-15(27)26-6-5-9(21-8-26)13-24-12(25-29-13)10-7-11(17(18,19)20)23-14(22-10)30-4/h5-7H,8H2,1-4H3. The third kappa shape index (κ3) is 5.14. The van der Waals surface area contributed by atoms with E-state index < -0.39 is 23.6 Å². The molecule has 3 rings (SSSR count). The van der Waals surface area contributed by atoms with Crippen molar-refractivity contribution >= 4 is 23.6 Å². The zero-order valence-corrected chi connectivity index (χ0v) is 17.2. The SMILES string of the molecule is CSc1nc(-c2noc(C3=NCN(C(=O)OC(C)(C)C)C=C3)n2)cc(C(F)(F)F)n1. The molecule has 9 nitrogen and oxygen atoms in total. The zero-order chi connectivity index (χ0) is 22.1. The van der Waals surface area contributed by atoms with Crippen LogP contribution in [-0.4, -0.2) is 55.3 Å². The van der Waals surface area contributed by atoms with Crippen LogP contribution in [-0.2, 0) is 10.9 Å². The molecular formula is C17H17F3N6O3S. The number of nitrogens with zero attached hydrogens (tertiary/aromatic N) is 6. The van der Waals surface area contributed by atoms with E-state index in [9.17, 15) is 18.0 Å². The summed E-state index contributed by atoms with van der Waals surface area (Å²) in [5, 5.41) is 3.61. The number of allylic oxidation sites excluding steroid dienone is 1. The van der Waals surface area contributed by atoms with Gasteiger partial charge in [0.05, 0.1) is 0 Å². The highest BCUT2D eigenvalue weighted by Gasteiger charge is 2.34. The number of hydrogen-bond acceptors (Lipinski definition) is 9. The van der Waals surface area contributed by atoms with E-state index in [-0.39, 0.29) is 34.9 Å². The molecule has 0 fully saturated rings. The number of carbonyl (C=O) groups is 1. The maximum absolute atomic E-state index is 13.1. The number of carbonyl (C=O) groups excluding carboxylic acids is 1. The number of amides is 1. The van der Waals surface area contributed by atoms with E-state index in [2.05, 4.69) is 25.1 Å². The molecule has 0 aliphatic carbocycles. The molecule has 3 heterocycles. The van der Waals surface area contributed by atoms with Gasteiger partial charge >= 0.3 is 12.3 Å². The normalized spacial score (nSPS) is 14.6. The average Bonchev–Trinajstić information content (AvgIpc) is 3.16. The van der Waals surface area contributed by atoms with E-state index in [4.69, 9.17) is 9.26 Å². The molecule has 0 aromatic carbocycles. The Labute approximate surface area is 173 Å². The lowest BCUT2D eigenvalue weighted by atomic mass is 10.2. The van der Waals surface area contributed by atoms with Gasteiger partial charge in [-0.2, -0.15) is 18.2 Å². The Morgan fingerprint density at radius 2 is 1.97 bits per heavy atom. The topological polar surface area (TPSA) is 107 Å². The summed E-state index contributed by atoms with van der Waals surface area (Å²) in [6, 6.07) is 0.747. The van der Waals surface area contributed by atoms with Crippen molar-refractivity contribution in [2.24, 2.45) is 4.99 Å². The van der Waals surface area contributed by atoms with Crippen molar-refractivity contribution in [1.82, 2.24) is 25.0 Å². The molecule has 1 amide bonds. The molecule has 2 aromatic rings. The smallest absolute Gasteiger partial charge is 0.433 e. The van der Waals surface area contributed by atoms with Gasteiger partial charge in [-0.1, -0.05) is 16.9 Å². The van der Waals surface area contributed by atoms with Crippen LogP contribution in [0.5, 0.6) is 0 Å². The third-order valence-corrected chi connectivity index (χ3v) is 4.03. The number of thioether (sulfide) groups is 1. The Morgan fingerprint density at radius 3 is 2.53 bits per heavy atom. The fourth-order valence-corrected chi connectivity index (χ4v) is 2.58. The van der Waals surface area contributed by atoms with Gasteiger partial charge in [0.25, 0.3) is 5.89 Å². The Kier molecular flexibility index (Phi) is 5.83. The van der Waals surface area contributed by atoms with Crippen molar-refractivity contribution in [3.63, 3.8) is 0 Å².